The molecule has 3 heterocycles. The highest BCUT2D eigenvalue weighted by Crippen LogP contribution is 2.29. The van der Waals surface area contributed by atoms with Gasteiger partial charge in [0.25, 0.3) is 5.91 Å². The maximum absolute atomic E-state index is 12.6. The summed E-state index contributed by atoms with van der Waals surface area (Å²) >= 11 is 0. The van der Waals surface area contributed by atoms with Crippen LogP contribution >= 0.6 is 0 Å². The standard InChI is InChI=1S/C19H23N5O/c1-22(2)12-14-8-9-16(20-14)19(25)24-10-13(11-24)18-21-15-6-4-5-7-17(15)23(18)3/h4-9,13,20H,10-12H2,1-3H3. The minimum absolute atomic E-state index is 0.0695. The molecule has 0 aliphatic carbocycles. The topological polar surface area (TPSA) is 57.2 Å². The molecule has 6 nitrogen and oxygen atoms in total. The van der Waals surface area contributed by atoms with Gasteiger partial charge < -0.3 is 19.4 Å². The van der Waals surface area contributed by atoms with Crippen molar-refractivity contribution in [3.05, 3.63) is 53.6 Å². The van der Waals surface area contributed by atoms with Gasteiger partial charge in [0.2, 0.25) is 0 Å². The highest BCUT2D eigenvalue weighted by molar-refractivity contribution is 5.93. The smallest absolute Gasteiger partial charge is 0.270 e. The number of aryl methyl sites for hydroxylation is 1. The van der Waals surface area contributed by atoms with E-state index >= 15 is 0 Å². The lowest BCUT2D eigenvalue weighted by molar-refractivity contribution is 0.0587. The number of imidazole rings is 1. The van der Waals surface area contributed by atoms with Gasteiger partial charge in [0.05, 0.1) is 17.0 Å². The molecule has 1 aromatic carbocycles. The Morgan fingerprint density at radius 3 is 2.72 bits per heavy atom. The number of benzene rings is 1. The normalized spacial score (nSPS) is 15.1. The first-order valence-corrected chi connectivity index (χ1v) is 8.56. The largest absolute Gasteiger partial charge is 0.353 e. The summed E-state index contributed by atoms with van der Waals surface area (Å²) in [5.41, 5.74) is 3.88. The van der Waals surface area contributed by atoms with Crippen molar-refractivity contribution < 1.29 is 4.79 Å². The van der Waals surface area contributed by atoms with Crippen molar-refractivity contribution in [2.24, 2.45) is 7.05 Å². The van der Waals surface area contributed by atoms with Crippen LogP contribution in [0.15, 0.2) is 36.4 Å². The Bertz CT molecular complexity index is 917. The second-order valence-electron chi connectivity index (χ2n) is 7.06. The number of fused-ring (bicyclic) bond motifs is 1. The van der Waals surface area contributed by atoms with E-state index in [-0.39, 0.29) is 5.91 Å². The van der Waals surface area contributed by atoms with Gasteiger partial charge in [-0.25, -0.2) is 4.98 Å². The lowest BCUT2D eigenvalue weighted by atomic mass is 9.98. The van der Waals surface area contributed by atoms with Crippen molar-refractivity contribution in [3.63, 3.8) is 0 Å². The third-order valence-corrected chi connectivity index (χ3v) is 4.82. The summed E-state index contributed by atoms with van der Waals surface area (Å²) in [5.74, 6) is 1.43. The van der Waals surface area contributed by atoms with Crippen LogP contribution in [0, 0.1) is 0 Å². The average Bonchev–Trinajstić information content (AvgIpc) is 3.11. The second-order valence-corrected chi connectivity index (χ2v) is 7.06. The molecule has 3 aromatic rings. The van der Waals surface area contributed by atoms with Crippen molar-refractivity contribution >= 4 is 16.9 Å². The van der Waals surface area contributed by atoms with Crippen LogP contribution in [0.25, 0.3) is 11.0 Å². The van der Waals surface area contributed by atoms with Crippen LogP contribution in [0.5, 0.6) is 0 Å². The maximum Gasteiger partial charge on any atom is 0.270 e. The number of carbonyl (C=O) groups is 1. The monoisotopic (exact) mass is 337 g/mol. The first-order chi connectivity index (χ1) is 12.0. The number of nitrogens with zero attached hydrogens (tertiary/aromatic N) is 4. The van der Waals surface area contributed by atoms with E-state index in [9.17, 15) is 4.79 Å². The molecule has 1 aliphatic rings. The lowest BCUT2D eigenvalue weighted by Gasteiger charge is -2.38. The van der Waals surface area contributed by atoms with Gasteiger partial charge in [0.1, 0.15) is 11.5 Å². The number of rotatable bonds is 4. The van der Waals surface area contributed by atoms with Gasteiger partial charge >= 0.3 is 0 Å². The zero-order chi connectivity index (χ0) is 17.6. The molecule has 130 valence electrons. The number of carbonyl (C=O) groups excluding carboxylic acids is 1. The first-order valence-electron chi connectivity index (χ1n) is 8.56. The summed E-state index contributed by atoms with van der Waals surface area (Å²) in [6.07, 6.45) is 0. The third kappa shape index (κ3) is 2.82. The summed E-state index contributed by atoms with van der Waals surface area (Å²) in [6, 6.07) is 12.0. The van der Waals surface area contributed by atoms with Crippen LogP contribution in [-0.4, -0.2) is 57.4 Å². The predicted octanol–water partition coefficient (Wildman–Crippen LogP) is 2.20. The Labute approximate surface area is 147 Å². The van der Waals surface area contributed by atoms with E-state index in [1.165, 1.54) is 0 Å². The molecular weight excluding hydrogens is 314 g/mol. The molecule has 2 aromatic heterocycles. The molecule has 1 amide bonds. The molecule has 25 heavy (non-hydrogen) atoms. The van der Waals surface area contributed by atoms with Gasteiger partial charge in [-0.3, -0.25) is 4.79 Å². The number of hydrogen-bond acceptors (Lipinski definition) is 3. The molecule has 0 radical (unpaired) electrons. The van der Waals surface area contributed by atoms with Crippen molar-refractivity contribution in [1.82, 2.24) is 24.3 Å². The first kappa shape index (κ1) is 15.9. The zero-order valence-electron chi connectivity index (χ0n) is 14.9. The van der Waals surface area contributed by atoms with Gasteiger partial charge in [0.15, 0.2) is 0 Å². The number of H-pyrrole nitrogens is 1. The molecule has 0 atom stereocenters. The van der Waals surface area contributed by atoms with Gasteiger partial charge in [-0.2, -0.15) is 0 Å². The van der Waals surface area contributed by atoms with E-state index in [2.05, 4.69) is 20.5 Å². The highest BCUT2D eigenvalue weighted by atomic mass is 16.2. The van der Waals surface area contributed by atoms with Gasteiger partial charge in [0, 0.05) is 32.4 Å². The van der Waals surface area contributed by atoms with Crippen LogP contribution in [-0.2, 0) is 13.6 Å². The van der Waals surface area contributed by atoms with Crippen molar-refractivity contribution in [3.8, 4) is 0 Å². The zero-order valence-corrected chi connectivity index (χ0v) is 14.9. The molecule has 1 fully saturated rings. The molecule has 6 heteroatoms. The van der Waals surface area contributed by atoms with Crippen LogP contribution in [0.4, 0.5) is 0 Å². The van der Waals surface area contributed by atoms with E-state index in [0.717, 1.165) is 42.2 Å². The SMILES string of the molecule is CN(C)Cc1ccc(C(=O)N2CC(c3nc4ccccc4n3C)C2)[nH]1. The van der Waals surface area contributed by atoms with Gasteiger partial charge in [-0.05, 0) is 38.4 Å². The van der Waals surface area contributed by atoms with Crippen molar-refractivity contribution in [2.45, 2.75) is 12.5 Å². The molecule has 4 rings (SSSR count). The minimum Gasteiger partial charge on any atom is -0.353 e. The fraction of sp³-hybridized carbons (Fsp3) is 0.368. The molecule has 1 N–H and O–H groups in total. The lowest BCUT2D eigenvalue weighted by Crippen LogP contribution is -2.49. The number of amides is 1. The maximum atomic E-state index is 12.6. The van der Waals surface area contributed by atoms with Crippen LogP contribution in [0.1, 0.15) is 27.9 Å². The molecule has 0 unspecified atom stereocenters. The Morgan fingerprint density at radius 2 is 2.00 bits per heavy atom. The molecule has 0 spiro atoms. The van der Waals surface area contributed by atoms with E-state index in [1.54, 1.807) is 0 Å². The van der Waals surface area contributed by atoms with E-state index in [0.29, 0.717) is 11.6 Å². The minimum atomic E-state index is 0.0695. The van der Waals surface area contributed by atoms with Crippen molar-refractivity contribution in [2.75, 3.05) is 27.2 Å². The number of aromatic nitrogens is 3. The average molecular weight is 337 g/mol. The van der Waals surface area contributed by atoms with E-state index < -0.39 is 0 Å². The quantitative estimate of drug-likeness (QED) is 0.794. The Kier molecular flexibility index (Phi) is 3.84. The number of nitrogens with one attached hydrogen (secondary N) is 1. The highest BCUT2D eigenvalue weighted by Gasteiger charge is 2.35. The number of para-hydroxylation sites is 2. The number of likely N-dealkylation sites (tertiary alicyclic amines) is 1. The summed E-state index contributed by atoms with van der Waals surface area (Å²) < 4.78 is 2.14. The molecule has 0 saturated carbocycles. The van der Waals surface area contributed by atoms with Gasteiger partial charge in [-0.1, -0.05) is 12.1 Å². The third-order valence-electron chi connectivity index (χ3n) is 4.82. The van der Waals surface area contributed by atoms with Gasteiger partial charge in [-0.15, -0.1) is 0 Å². The predicted molar refractivity (Wildman–Crippen MR) is 97.5 cm³/mol. The van der Waals surface area contributed by atoms with Crippen molar-refractivity contribution in [1.29, 1.82) is 0 Å². The fourth-order valence-corrected chi connectivity index (χ4v) is 3.51. The summed E-state index contributed by atoms with van der Waals surface area (Å²) in [7, 11) is 6.08. The van der Waals surface area contributed by atoms with Crippen LogP contribution in [0.3, 0.4) is 0 Å². The molecule has 1 saturated heterocycles. The van der Waals surface area contributed by atoms with Crippen LogP contribution < -0.4 is 0 Å². The number of aromatic amines is 1. The Morgan fingerprint density at radius 1 is 1.24 bits per heavy atom. The Balaban J connectivity index is 1.45. The summed E-state index contributed by atoms with van der Waals surface area (Å²) in [4.78, 5) is 24.5. The molecule has 0 bridgehead atoms. The Hall–Kier alpha value is -2.60. The molecular formula is C19H23N5O. The summed E-state index contributed by atoms with van der Waals surface area (Å²) in [6.45, 7) is 2.24. The van der Waals surface area contributed by atoms with Crippen LogP contribution in [0.2, 0.25) is 0 Å². The number of hydrogen-bond donors (Lipinski definition) is 1. The molecule has 1 aliphatic heterocycles. The summed E-state index contributed by atoms with van der Waals surface area (Å²) in [5, 5.41) is 0. The van der Waals surface area contributed by atoms with E-state index in [4.69, 9.17) is 4.98 Å². The second kappa shape index (κ2) is 6.04. The fourth-order valence-electron chi connectivity index (χ4n) is 3.51. The van der Waals surface area contributed by atoms with E-state index in [1.807, 2.05) is 56.4 Å².